The summed E-state index contributed by atoms with van der Waals surface area (Å²) >= 11 is 0. The minimum absolute atomic E-state index is 0.0896. The Kier molecular flexibility index (Phi) is 5.50. The van der Waals surface area contributed by atoms with Crippen molar-refractivity contribution >= 4 is 11.9 Å². The second kappa shape index (κ2) is 7.20. The molecule has 0 aliphatic heterocycles. The van der Waals surface area contributed by atoms with Gasteiger partial charge in [-0.3, -0.25) is 9.59 Å². The normalized spacial score (nSPS) is 17.0. The minimum Gasteiger partial charge on any atom is -0.481 e. The quantitative estimate of drug-likeness (QED) is 0.904. The first kappa shape index (κ1) is 17.6. The van der Waals surface area contributed by atoms with Gasteiger partial charge in [0, 0.05) is 31.0 Å². The predicted octanol–water partition coefficient (Wildman–Crippen LogP) is 3.40. The topological polar surface area (TPSA) is 62.5 Å². The van der Waals surface area contributed by atoms with E-state index in [1.165, 1.54) is 37.0 Å². The third kappa shape index (κ3) is 3.77. The Morgan fingerprint density at radius 2 is 1.91 bits per heavy atom. The molecule has 128 valence electrons. The maximum Gasteiger partial charge on any atom is 0.308 e. The Balaban J connectivity index is 2.19. The number of carbonyl (C=O) groups excluding carboxylic acids is 1. The van der Waals surface area contributed by atoms with Gasteiger partial charge in [-0.15, -0.1) is 0 Å². The van der Waals surface area contributed by atoms with Crippen molar-refractivity contribution < 1.29 is 14.7 Å². The van der Waals surface area contributed by atoms with Gasteiger partial charge in [-0.2, -0.15) is 0 Å². The zero-order valence-electron chi connectivity index (χ0n) is 14.6. The predicted molar refractivity (Wildman–Crippen MR) is 89.8 cm³/mol. The monoisotopic (exact) mass is 320 g/mol. The number of amides is 1. The lowest BCUT2D eigenvalue weighted by atomic mass is 9.95. The molecule has 2 rings (SSSR count). The summed E-state index contributed by atoms with van der Waals surface area (Å²) < 4.78 is 2.31. The Morgan fingerprint density at radius 1 is 1.30 bits per heavy atom. The van der Waals surface area contributed by atoms with E-state index >= 15 is 0 Å². The highest BCUT2D eigenvalue weighted by molar-refractivity contribution is 5.95. The summed E-state index contributed by atoms with van der Waals surface area (Å²) in [5.41, 5.74) is 2.83. The highest BCUT2D eigenvalue weighted by atomic mass is 16.4. The number of carbonyl (C=O) groups is 2. The lowest BCUT2D eigenvalue weighted by Gasteiger charge is -2.26. The summed E-state index contributed by atoms with van der Waals surface area (Å²) in [6, 6.07) is 2.45. The lowest BCUT2D eigenvalue weighted by Crippen LogP contribution is -2.34. The molecule has 1 atom stereocenters. The van der Waals surface area contributed by atoms with Crippen LogP contribution in [0, 0.1) is 19.8 Å². The van der Waals surface area contributed by atoms with E-state index < -0.39 is 11.9 Å². The molecule has 1 heterocycles. The van der Waals surface area contributed by atoms with Crippen molar-refractivity contribution in [3.63, 3.8) is 0 Å². The molecule has 0 bridgehead atoms. The van der Waals surface area contributed by atoms with E-state index in [0.717, 1.165) is 11.4 Å². The molecule has 1 N–H and O–H groups in total. The average Bonchev–Trinajstić information content (AvgIpc) is 2.81. The van der Waals surface area contributed by atoms with Gasteiger partial charge in [-0.1, -0.05) is 26.2 Å². The van der Waals surface area contributed by atoms with Crippen LogP contribution in [0.2, 0.25) is 0 Å². The van der Waals surface area contributed by atoms with Gasteiger partial charge in [0.1, 0.15) is 0 Å². The van der Waals surface area contributed by atoms with Crippen LogP contribution in [0.4, 0.5) is 0 Å². The van der Waals surface area contributed by atoms with Gasteiger partial charge in [-0.05, 0) is 32.8 Å². The molecule has 1 fully saturated rings. The van der Waals surface area contributed by atoms with Crippen molar-refractivity contribution in [2.45, 2.75) is 58.9 Å². The zero-order valence-corrected chi connectivity index (χ0v) is 14.6. The van der Waals surface area contributed by atoms with E-state index in [-0.39, 0.29) is 12.5 Å². The Morgan fingerprint density at radius 3 is 2.48 bits per heavy atom. The van der Waals surface area contributed by atoms with Crippen molar-refractivity contribution in [3.05, 3.63) is 23.0 Å². The number of hydrogen-bond acceptors (Lipinski definition) is 2. The second-order valence-electron chi connectivity index (χ2n) is 6.87. The first-order valence-electron chi connectivity index (χ1n) is 8.49. The molecular formula is C18H28N2O3. The molecule has 0 saturated heterocycles. The summed E-state index contributed by atoms with van der Waals surface area (Å²) in [5.74, 6) is -1.53. The first-order chi connectivity index (χ1) is 10.8. The molecule has 1 aliphatic carbocycles. The molecule has 5 heteroatoms. The van der Waals surface area contributed by atoms with E-state index in [0.29, 0.717) is 11.6 Å². The van der Waals surface area contributed by atoms with Crippen LogP contribution in [0.25, 0.3) is 0 Å². The van der Waals surface area contributed by atoms with Crippen LogP contribution in [0.1, 0.15) is 66.8 Å². The van der Waals surface area contributed by atoms with Crippen LogP contribution in [-0.4, -0.2) is 40.0 Å². The summed E-state index contributed by atoms with van der Waals surface area (Å²) in [6.07, 6.45) is 6.16. The molecule has 0 spiro atoms. The highest BCUT2D eigenvalue weighted by Gasteiger charge is 2.25. The minimum atomic E-state index is -0.877. The van der Waals surface area contributed by atoms with E-state index in [1.54, 1.807) is 14.0 Å². The molecular weight excluding hydrogens is 292 g/mol. The Bertz CT molecular complexity index is 585. The number of rotatable bonds is 5. The molecule has 1 saturated carbocycles. The number of aromatic nitrogens is 1. The zero-order chi connectivity index (χ0) is 17.1. The average molecular weight is 320 g/mol. The van der Waals surface area contributed by atoms with Crippen molar-refractivity contribution in [1.29, 1.82) is 0 Å². The third-order valence-electron chi connectivity index (χ3n) is 4.97. The summed E-state index contributed by atoms with van der Waals surface area (Å²) in [5, 5.41) is 9.01. The van der Waals surface area contributed by atoms with Crippen LogP contribution in [-0.2, 0) is 4.79 Å². The van der Waals surface area contributed by atoms with Crippen molar-refractivity contribution in [1.82, 2.24) is 9.47 Å². The number of nitrogens with zero attached hydrogens (tertiary/aromatic N) is 2. The first-order valence-corrected chi connectivity index (χ1v) is 8.49. The fraction of sp³-hybridized carbons (Fsp3) is 0.667. The van der Waals surface area contributed by atoms with Gasteiger partial charge in [-0.25, -0.2) is 0 Å². The maximum atomic E-state index is 12.7. The maximum absolute atomic E-state index is 12.7. The highest BCUT2D eigenvalue weighted by Crippen LogP contribution is 2.32. The van der Waals surface area contributed by atoms with E-state index in [4.69, 9.17) is 5.11 Å². The van der Waals surface area contributed by atoms with Gasteiger partial charge in [0.2, 0.25) is 0 Å². The molecule has 1 aliphatic rings. The number of aryl methyl sites for hydroxylation is 1. The largest absolute Gasteiger partial charge is 0.481 e. The van der Waals surface area contributed by atoms with E-state index in [2.05, 4.69) is 11.5 Å². The van der Waals surface area contributed by atoms with E-state index in [9.17, 15) is 9.59 Å². The fourth-order valence-corrected chi connectivity index (χ4v) is 3.67. The van der Waals surface area contributed by atoms with Crippen molar-refractivity contribution in [3.8, 4) is 0 Å². The van der Waals surface area contributed by atoms with Gasteiger partial charge < -0.3 is 14.6 Å². The smallest absolute Gasteiger partial charge is 0.308 e. The second-order valence-corrected chi connectivity index (χ2v) is 6.87. The van der Waals surface area contributed by atoms with Gasteiger partial charge in [0.15, 0.2) is 0 Å². The van der Waals surface area contributed by atoms with Gasteiger partial charge >= 0.3 is 5.97 Å². The standard InChI is InChI=1S/C18H28N2O3/c1-12(18(22)23)11-19(4)17(21)16-10-13(2)20(14(16)3)15-8-6-5-7-9-15/h10,12,15H,5-9,11H2,1-4H3,(H,22,23). The summed E-state index contributed by atoms with van der Waals surface area (Å²) in [6.45, 7) is 5.90. The summed E-state index contributed by atoms with van der Waals surface area (Å²) in [4.78, 5) is 25.2. The SMILES string of the molecule is Cc1cc(C(=O)N(C)CC(C)C(=O)O)c(C)n1C1CCCCC1. The van der Waals surface area contributed by atoms with E-state index in [1.807, 2.05) is 13.0 Å². The van der Waals surface area contributed by atoms with Crippen molar-refractivity contribution in [2.75, 3.05) is 13.6 Å². The number of carboxylic acids is 1. The van der Waals surface area contributed by atoms with Crippen molar-refractivity contribution in [2.24, 2.45) is 5.92 Å². The lowest BCUT2D eigenvalue weighted by molar-refractivity contribution is -0.141. The number of aliphatic carboxylic acids is 1. The van der Waals surface area contributed by atoms with Crippen LogP contribution < -0.4 is 0 Å². The number of hydrogen-bond donors (Lipinski definition) is 1. The molecule has 0 radical (unpaired) electrons. The molecule has 1 amide bonds. The van der Waals surface area contributed by atoms with Gasteiger partial charge in [0.05, 0.1) is 11.5 Å². The summed E-state index contributed by atoms with van der Waals surface area (Å²) in [7, 11) is 1.68. The van der Waals surface area contributed by atoms with Crippen LogP contribution in [0.5, 0.6) is 0 Å². The molecule has 1 aromatic heterocycles. The van der Waals surface area contributed by atoms with Crippen LogP contribution >= 0.6 is 0 Å². The Hall–Kier alpha value is -1.78. The molecule has 1 unspecified atom stereocenters. The fourth-order valence-electron chi connectivity index (χ4n) is 3.67. The van der Waals surface area contributed by atoms with Gasteiger partial charge in [0.25, 0.3) is 5.91 Å². The van der Waals surface area contributed by atoms with Crippen LogP contribution in [0.3, 0.4) is 0 Å². The number of carboxylic acid groups (broad SMARTS) is 1. The molecule has 23 heavy (non-hydrogen) atoms. The third-order valence-corrected chi connectivity index (χ3v) is 4.97. The molecule has 5 nitrogen and oxygen atoms in total. The Labute approximate surface area is 138 Å². The van der Waals surface area contributed by atoms with Crippen LogP contribution in [0.15, 0.2) is 6.07 Å². The molecule has 1 aromatic rings. The molecule has 0 aromatic carbocycles.